The summed E-state index contributed by atoms with van der Waals surface area (Å²) in [5, 5.41) is 8.89. The highest BCUT2D eigenvalue weighted by atomic mass is 16.5. The summed E-state index contributed by atoms with van der Waals surface area (Å²) in [6.45, 7) is 6.21. The Balaban J connectivity index is 3.02. The van der Waals surface area contributed by atoms with Gasteiger partial charge in [-0.1, -0.05) is 26.0 Å². The van der Waals surface area contributed by atoms with E-state index in [1.165, 1.54) is 6.92 Å². The third-order valence-corrected chi connectivity index (χ3v) is 2.82. The van der Waals surface area contributed by atoms with Gasteiger partial charge in [-0.2, -0.15) is 0 Å². The third-order valence-electron chi connectivity index (χ3n) is 2.82. The number of ether oxygens (including phenoxy) is 1. The van der Waals surface area contributed by atoms with Crippen molar-refractivity contribution in [1.29, 1.82) is 0 Å². The highest BCUT2D eigenvalue weighted by Crippen LogP contribution is 2.26. The van der Waals surface area contributed by atoms with Crippen LogP contribution in [0.2, 0.25) is 0 Å². The summed E-state index contributed by atoms with van der Waals surface area (Å²) in [4.78, 5) is 10.8. The maximum Gasteiger partial charge on any atom is 0.344 e. The third kappa shape index (κ3) is 3.74. The van der Waals surface area contributed by atoms with Crippen molar-refractivity contribution in [3.05, 3.63) is 29.3 Å². The monoisotopic (exact) mass is 251 g/mol. The zero-order valence-corrected chi connectivity index (χ0v) is 11.1. The number of hydrogen-bond donors (Lipinski definition) is 2. The van der Waals surface area contributed by atoms with E-state index in [2.05, 4.69) is 13.8 Å². The largest absolute Gasteiger partial charge is 0.479 e. The Labute approximate surface area is 108 Å². The lowest BCUT2D eigenvalue weighted by Crippen LogP contribution is -2.23. The van der Waals surface area contributed by atoms with Crippen molar-refractivity contribution >= 4 is 5.97 Å². The van der Waals surface area contributed by atoms with Gasteiger partial charge in [-0.3, -0.25) is 0 Å². The zero-order chi connectivity index (χ0) is 13.7. The van der Waals surface area contributed by atoms with Gasteiger partial charge in [0.05, 0.1) is 0 Å². The van der Waals surface area contributed by atoms with Gasteiger partial charge in [0.2, 0.25) is 0 Å². The molecule has 18 heavy (non-hydrogen) atoms. The first-order valence-electron chi connectivity index (χ1n) is 6.18. The molecule has 0 saturated carbocycles. The van der Waals surface area contributed by atoms with Crippen LogP contribution < -0.4 is 10.5 Å². The van der Waals surface area contributed by atoms with E-state index in [0.717, 1.165) is 11.1 Å². The Morgan fingerprint density at radius 1 is 1.39 bits per heavy atom. The van der Waals surface area contributed by atoms with Crippen molar-refractivity contribution in [1.82, 2.24) is 0 Å². The van der Waals surface area contributed by atoms with E-state index in [-0.39, 0.29) is 0 Å². The molecule has 1 atom stereocenters. The molecule has 100 valence electrons. The fourth-order valence-electron chi connectivity index (χ4n) is 1.64. The molecule has 0 aliphatic rings. The van der Waals surface area contributed by atoms with Crippen molar-refractivity contribution in [2.45, 2.75) is 39.2 Å². The lowest BCUT2D eigenvalue weighted by molar-refractivity contribution is -0.144. The lowest BCUT2D eigenvalue weighted by Gasteiger charge is -2.16. The van der Waals surface area contributed by atoms with E-state index in [9.17, 15) is 4.79 Å². The van der Waals surface area contributed by atoms with Crippen LogP contribution in [0.5, 0.6) is 5.75 Å². The van der Waals surface area contributed by atoms with E-state index < -0.39 is 12.1 Å². The maximum atomic E-state index is 10.8. The van der Waals surface area contributed by atoms with Gasteiger partial charge in [0.15, 0.2) is 6.10 Å². The van der Waals surface area contributed by atoms with Gasteiger partial charge in [-0.15, -0.1) is 0 Å². The van der Waals surface area contributed by atoms with Crippen molar-refractivity contribution in [3.63, 3.8) is 0 Å². The maximum absolute atomic E-state index is 10.8. The molecule has 0 heterocycles. The molecule has 3 N–H and O–H groups in total. The minimum Gasteiger partial charge on any atom is -0.479 e. The number of carboxylic acid groups (broad SMARTS) is 1. The van der Waals surface area contributed by atoms with Crippen LogP contribution in [-0.4, -0.2) is 23.7 Å². The summed E-state index contributed by atoms with van der Waals surface area (Å²) in [5.41, 5.74) is 7.63. The first-order valence-corrected chi connectivity index (χ1v) is 6.18. The number of nitrogens with two attached hydrogens (primary N) is 1. The number of rotatable bonds is 6. The summed E-state index contributed by atoms with van der Waals surface area (Å²) in [7, 11) is 0. The molecule has 0 aliphatic heterocycles. The van der Waals surface area contributed by atoms with E-state index in [4.69, 9.17) is 15.6 Å². The summed E-state index contributed by atoms with van der Waals surface area (Å²) in [6.07, 6.45) is -0.177. The number of carboxylic acids is 1. The Hall–Kier alpha value is -1.55. The molecule has 0 aliphatic carbocycles. The average Bonchev–Trinajstić information content (AvgIpc) is 2.31. The van der Waals surface area contributed by atoms with Crippen LogP contribution in [0, 0.1) is 0 Å². The standard InChI is InChI=1S/C14H21NO3/c1-9(2)12-5-4-11(6-7-15)13(8-12)18-10(3)14(16)17/h4-5,8-10H,6-7,15H2,1-3H3,(H,16,17). The fraction of sp³-hybridized carbons (Fsp3) is 0.500. The van der Waals surface area contributed by atoms with E-state index >= 15 is 0 Å². The first-order chi connectivity index (χ1) is 8.45. The van der Waals surface area contributed by atoms with Gasteiger partial charge in [0.1, 0.15) is 5.75 Å². The molecule has 1 aromatic carbocycles. The topological polar surface area (TPSA) is 72.5 Å². The average molecular weight is 251 g/mol. The van der Waals surface area contributed by atoms with Gasteiger partial charge in [0, 0.05) is 0 Å². The summed E-state index contributed by atoms with van der Waals surface area (Å²) < 4.78 is 5.50. The summed E-state index contributed by atoms with van der Waals surface area (Å²) >= 11 is 0. The second kappa shape index (κ2) is 6.40. The minimum absolute atomic E-state index is 0.374. The van der Waals surface area contributed by atoms with Crippen molar-refractivity contribution in [3.8, 4) is 5.75 Å². The van der Waals surface area contributed by atoms with Crippen LogP contribution in [0.1, 0.15) is 37.8 Å². The predicted octanol–water partition coefficient (Wildman–Crippen LogP) is 2.16. The molecule has 0 aromatic heterocycles. The molecule has 0 amide bonds. The number of aliphatic carboxylic acids is 1. The minimum atomic E-state index is -0.969. The second-order valence-electron chi connectivity index (χ2n) is 4.66. The normalized spacial score (nSPS) is 12.5. The number of hydrogen-bond acceptors (Lipinski definition) is 3. The van der Waals surface area contributed by atoms with Crippen molar-refractivity contribution in [2.75, 3.05) is 6.54 Å². The molecule has 0 bridgehead atoms. The van der Waals surface area contributed by atoms with Gasteiger partial charge < -0.3 is 15.6 Å². The number of carbonyl (C=O) groups is 1. The fourth-order valence-corrected chi connectivity index (χ4v) is 1.64. The molecule has 0 spiro atoms. The van der Waals surface area contributed by atoms with Gasteiger partial charge in [-0.05, 0) is 43.0 Å². The Morgan fingerprint density at radius 3 is 2.56 bits per heavy atom. The van der Waals surface area contributed by atoms with Crippen LogP contribution in [0.3, 0.4) is 0 Å². The van der Waals surface area contributed by atoms with Gasteiger partial charge >= 0.3 is 5.97 Å². The molecule has 0 saturated heterocycles. The molecule has 4 nitrogen and oxygen atoms in total. The summed E-state index contributed by atoms with van der Waals surface area (Å²) in [6, 6.07) is 5.91. The molecule has 1 aromatic rings. The Morgan fingerprint density at radius 2 is 2.06 bits per heavy atom. The van der Waals surface area contributed by atoms with Gasteiger partial charge in [-0.25, -0.2) is 4.79 Å². The van der Waals surface area contributed by atoms with Crippen molar-refractivity contribution in [2.24, 2.45) is 5.73 Å². The van der Waals surface area contributed by atoms with Crippen LogP contribution in [0.25, 0.3) is 0 Å². The van der Waals surface area contributed by atoms with Crippen LogP contribution >= 0.6 is 0 Å². The Bertz CT molecular complexity index is 416. The van der Waals surface area contributed by atoms with Crippen LogP contribution in [0.15, 0.2) is 18.2 Å². The highest BCUT2D eigenvalue weighted by Gasteiger charge is 2.15. The van der Waals surface area contributed by atoms with Gasteiger partial charge in [0.25, 0.3) is 0 Å². The highest BCUT2D eigenvalue weighted by molar-refractivity contribution is 5.72. The SMILES string of the molecule is CC(Oc1cc(C(C)C)ccc1CCN)C(=O)O. The summed E-state index contributed by atoms with van der Waals surface area (Å²) in [5.74, 6) is 0.0320. The second-order valence-corrected chi connectivity index (χ2v) is 4.66. The van der Waals surface area contributed by atoms with Crippen LogP contribution in [-0.2, 0) is 11.2 Å². The lowest BCUT2D eigenvalue weighted by atomic mass is 10.00. The predicted molar refractivity (Wildman–Crippen MR) is 71.0 cm³/mol. The molecule has 0 fully saturated rings. The zero-order valence-electron chi connectivity index (χ0n) is 11.1. The van der Waals surface area contributed by atoms with E-state index in [1.54, 1.807) is 0 Å². The van der Waals surface area contributed by atoms with E-state index in [0.29, 0.717) is 24.6 Å². The number of benzene rings is 1. The molecular weight excluding hydrogens is 230 g/mol. The van der Waals surface area contributed by atoms with Crippen LogP contribution in [0.4, 0.5) is 0 Å². The van der Waals surface area contributed by atoms with E-state index in [1.807, 2.05) is 18.2 Å². The molecular formula is C14H21NO3. The molecule has 0 radical (unpaired) electrons. The molecule has 1 unspecified atom stereocenters. The quantitative estimate of drug-likeness (QED) is 0.812. The Kier molecular flexibility index (Phi) is 5.16. The molecule has 4 heteroatoms. The molecule has 1 rings (SSSR count). The van der Waals surface area contributed by atoms with Crippen molar-refractivity contribution < 1.29 is 14.6 Å². The first kappa shape index (κ1) is 14.5. The smallest absolute Gasteiger partial charge is 0.344 e.